The van der Waals surface area contributed by atoms with Crippen molar-refractivity contribution >= 4 is 33.5 Å². The monoisotopic (exact) mass is 447 g/mol. The van der Waals surface area contributed by atoms with E-state index in [2.05, 4.69) is 15.5 Å². The van der Waals surface area contributed by atoms with Crippen LogP contribution in [0.15, 0.2) is 68.8 Å². The fourth-order valence-corrected chi connectivity index (χ4v) is 4.55. The number of carbonyl (C=O) groups is 1. The zero-order valence-electron chi connectivity index (χ0n) is 16.3. The molecule has 0 aliphatic heterocycles. The number of hydrogen-bond acceptors (Lipinski definition) is 8. The molecular weight excluding hydrogens is 426 g/mol. The van der Waals surface area contributed by atoms with Gasteiger partial charge in [-0.15, -0.1) is 16.9 Å². The lowest BCUT2D eigenvalue weighted by atomic mass is 10.3. The quantitative estimate of drug-likeness (QED) is 0.371. The van der Waals surface area contributed by atoms with Crippen LogP contribution in [0, 0.1) is 0 Å². The molecule has 1 N–H and O–H groups in total. The molecule has 1 aromatic heterocycles. The molecule has 0 saturated carbocycles. The molecule has 0 fully saturated rings. The normalized spacial score (nSPS) is 11.2. The predicted octanol–water partition coefficient (Wildman–Crippen LogP) is 3.56. The number of aromatic nitrogens is 2. The number of nitrogens with one attached hydrogen (secondary N) is 1. The number of thioether (sulfide) groups is 1. The number of ether oxygens (including phenoxy) is 1. The van der Waals surface area contributed by atoms with Crippen molar-refractivity contribution in [3.8, 4) is 5.75 Å². The van der Waals surface area contributed by atoms with Gasteiger partial charge in [0.1, 0.15) is 11.5 Å². The van der Waals surface area contributed by atoms with E-state index in [0.717, 1.165) is 16.4 Å². The highest BCUT2D eigenvalue weighted by Gasteiger charge is 2.19. The minimum atomic E-state index is -3.60. The van der Waals surface area contributed by atoms with Gasteiger partial charge < -0.3 is 9.15 Å². The van der Waals surface area contributed by atoms with E-state index in [-0.39, 0.29) is 29.1 Å². The standard InChI is InChI=1S/C20H21N3O5S2/c1-27-15-9-11-16(12-10-15)29-13-5-8-18(24)21-20-23-22-19(28-20)14-30(25,26)17-6-3-2-4-7-17/h2-4,6-7,9-12H,5,8,13-14H2,1H3,(H,21,23,24). The van der Waals surface area contributed by atoms with Crippen LogP contribution in [0.3, 0.4) is 0 Å². The van der Waals surface area contributed by atoms with E-state index in [4.69, 9.17) is 9.15 Å². The summed E-state index contributed by atoms with van der Waals surface area (Å²) in [6, 6.07) is 15.6. The van der Waals surface area contributed by atoms with Gasteiger partial charge in [-0.2, -0.15) is 0 Å². The van der Waals surface area contributed by atoms with Gasteiger partial charge in [0.05, 0.1) is 12.0 Å². The third-order valence-electron chi connectivity index (χ3n) is 4.01. The fourth-order valence-electron chi connectivity index (χ4n) is 2.51. The molecule has 0 aliphatic rings. The van der Waals surface area contributed by atoms with Gasteiger partial charge >= 0.3 is 6.01 Å². The summed E-state index contributed by atoms with van der Waals surface area (Å²) in [6.07, 6.45) is 0.940. The second kappa shape index (κ2) is 10.3. The maximum Gasteiger partial charge on any atom is 0.322 e. The van der Waals surface area contributed by atoms with Crippen molar-refractivity contribution in [1.29, 1.82) is 0 Å². The predicted molar refractivity (Wildman–Crippen MR) is 113 cm³/mol. The second-order valence-electron chi connectivity index (χ2n) is 6.25. The zero-order chi connectivity index (χ0) is 21.4. The summed E-state index contributed by atoms with van der Waals surface area (Å²) in [7, 11) is -1.98. The van der Waals surface area contributed by atoms with E-state index < -0.39 is 15.6 Å². The van der Waals surface area contributed by atoms with Crippen LogP contribution < -0.4 is 10.1 Å². The van der Waals surface area contributed by atoms with Crippen LogP contribution >= 0.6 is 11.8 Å². The first-order chi connectivity index (χ1) is 14.5. The fraction of sp³-hybridized carbons (Fsp3) is 0.250. The lowest BCUT2D eigenvalue weighted by molar-refractivity contribution is -0.116. The van der Waals surface area contributed by atoms with Crippen molar-refractivity contribution in [2.24, 2.45) is 0 Å². The summed E-state index contributed by atoms with van der Waals surface area (Å²) in [6.45, 7) is 0. The first-order valence-electron chi connectivity index (χ1n) is 9.13. The van der Waals surface area contributed by atoms with E-state index in [1.165, 1.54) is 12.1 Å². The molecule has 158 valence electrons. The molecule has 0 bridgehead atoms. The Morgan fingerprint density at radius 1 is 1.10 bits per heavy atom. The molecular formula is C20H21N3O5S2. The van der Waals surface area contributed by atoms with Crippen LogP contribution in [0.1, 0.15) is 18.7 Å². The number of sulfone groups is 1. The molecule has 0 unspecified atom stereocenters. The molecule has 8 nitrogen and oxygen atoms in total. The Bertz CT molecular complexity index is 1070. The van der Waals surface area contributed by atoms with Crippen LogP contribution in [-0.4, -0.2) is 37.4 Å². The Hall–Kier alpha value is -2.85. The van der Waals surface area contributed by atoms with Crippen LogP contribution in [0.4, 0.5) is 6.01 Å². The third-order valence-corrected chi connectivity index (χ3v) is 6.72. The maximum absolute atomic E-state index is 12.3. The lowest BCUT2D eigenvalue weighted by Crippen LogP contribution is -2.11. The lowest BCUT2D eigenvalue weighted by Gasteiger charge is -2.03. The summed E-state index contributed by atoms with van der Waals surface area (Å²) < 4.78 is 35.0. The van der Waals surface area contributed by atoms with Gasteiger partial charge in [-0.1, -0.05) is 23.3 Å². The van der Waals surface area contributed by atoms with Gasteiger partial charge in [0.2, 0.25) is 11.8 Å². The molecule has 10 heteroatoms. The molecule has 1 amide bonds. The number of rotatable bonds is 10. The average molecular weight is 448 g/mol. The summed E-state index contributed by atoms with van der Waals surface area (Å²) in [5.74, 6) is 0.785. The topological polar surface area (TPSA) is 111 Å². The highest BCUT2D eigenvalue weighted by molar-refractivity contribution is 7.99. The van der Waals surface area contributed by atoms with E-state index in [0.29, 0.717) is 6.42 Å². The number of nitrogens with zero attached hydrogens (tertiary/aromatic N) is 2. The Kier molecular flexibility index (Phi) is 7.47. The van der Waals surface area contributed by atoms with Crippen LogP contribution in [0.25, 0.3) is 0 Å². The number of hydrogen-bond donors (Lipinski definition) is 1. The molecule has 0 saturated heterocycles. The summed E-state index contributed by atoms with van der Waals surface area (Å²) in [4.78, 5) is 13.3. The van der Waals surface area contributed by atoms with Gasteiger partial charge in [0.15, 0.2) is 9.84 Å². The second-order valence-corrected chi connectivity index (χ2v) is 9.41. The maximum atomic E-state index is 12.3. The summed E-state index contributed by atoms with van der Waals surface area (Å²) >= 11 is 1.64. The van der Waals surface area contributed by atoms with Crippen molar-refractivity contribution in [3.05, 3.63) is 60.5 Å². The first kappa shape index (κ1) is 21.8. The molecule has 3 aromatic rings. The minimum absolute atomic E-state index is 0.0794. The van der Waals surface area contributed by atoms with E-state index >= 15 is 0 Å². The Morgan fingerprint density at radius 3 is 2.53 bits per heavy atom. The van der Waals surface area contributed by atoms with Crippen molar-refractivity contribution in [2.75, 3.05) is 18.2 Å². The van der Waals surface area contributed by atoms with Crippen molar-refractivity contribution in [2.45, 2.75) is 28.4 Å². The highest BCUT2D eigenvalue weighted by atomic mass is 32.2. The van der Waals surface area contributed by atoms with E-state index in [1.54, 1.807) is 37.1 Å². The molecule has 30 heavy (non-hydrogen) atoms. The molecule has 0 atom stereocenters. The van der Waals surface area contributed by atoms with Gasteiger partial charge in [-0.3, -0.25) is 10.1 Å². The first-order valence-corrected chi connectivity index (χ1v) is 11.8. The van der Waals surface area contributed by atoms with E-state index in [9.17, 15) is 13.2 Å². The van der Waals surface area contributed by atoms with Gasteiger partial charge in [-0.25, -0.2) is 8.42 Å². The number of methoxy groups -OCH3 is 1. The number of carbonyl (C=O) groups excluding carboxylic acids is 1. The minimum Gasteiger partial charge on any atom is -0.497 e. The Balaban J connectivity index is 1.43. The largest absolute Gasteiger partial charge is 0.497 e. The Labute approximate surface area is 179 Å². The number of anilines is 1. The summed E-state index contributed by atoms with van der Waals surface area (Å²) in [5.41, 5.74) is 0. The average Bonchev–Trinajstić information content (AvgIpc) is 3.18. The van der Waals surface area contributed by atoms with Crippen LogP contribution in [-0.2, 0) is 20.4 Å². The Morgan fingerprint density at radius 2 is 1.83 bits per heavy atom. The van der Waals surface area contributed by atoms with Crippen LogP contribution in [0.5, 0.6) is 5.75 Å². The molecule has 1 heterocycles. The molecule has 0 radical (unpaired) electrons. The zero-order valence-corrected chi connectivity index (χ0v) is 17.9. The molecule has 0 aliphatic carbocycles. The van der Waals surface area contributed by atoms with Gasteiger partial charge in [-0.05, 0) is 48.6 Å². The van der Waals surface area contributed by atoms with Crippen LogP contribution in [0.2, 0.25) is 0 Å². The van der Waals surface area contributed by atoms with E-state index in [1.807, 2.05) is 24.3 Å². The third kappa shape index (κ3) is 6.33. The number of amides is 1. The van der Waals surface area contributed by atoms with Gasteiger partial charge in [0, 0.05) is 11.3 Å². The van der Waals surface area contributed by atoms with Crippen molar-refractivity contribution in [3.63, 3.8) is 0 Å². The SMILES string of the molecule is COc1ccc(SCCCC(=O)Nc2nnc(CS(=O)(=O)c3ccccc3)o2)cc1. The molecule has 2 aromatic carbocycles. The van der Waals surface area contributed by atoms with Gasteiger partial charge in [0.25, 0.3) is 0 Å². The molecule has 0 spiro atoms. The smallest absolute Gasteiger partial charge is 0.322 e. The van der Waals surface area contributed by atoms with Crippen molar-refractivity contribution in [1.82, 2.24) is 10.2 Å². The number of benzene rings is 2. The summed E-state index contributed by atoms with van der Waals surface area (Å²) in [5, 5.41) is 9.90. The molecule has 3 rings (SSSR count). The van der Waals surface area contributed by atoms with Crippen molar-refractivity contribution < 1.29 is 22.4 Å². The highest BCUT2D eigenvalue weighted by Crippen LogP contribution is 2.22.